The number of aliphatic hydroxyl groups is 1. The zero-order chi connectivity index (χ0) is 14.9. The Morgan fingerprint density at radius 1 is 1.50 bits per heavy atom. The molecule has 1 aliphatic heterocycles. The summed E-state index contributed by atoms with van der Waals surface area (Å²) in [6, 6.07) is 3.84. The molecule has 0 saturated carbocycles. The van der Waals surface area contributed by atoms with Crippen molar-refractivity contribution in [2.24, 2.45) is 0 Å². The number of likely N-dealkylation sites (N-methyl/N-ethyl adjacent to an activating group) is 2. The smallest absolute Gasteiger partial charge is 0.126 e. The van der Waals surface area contributed by atoms with Gasteiger partial charge in [-0.1, -0.05) is 0 Å². The quantitative estimate of drug-likeness (QED) is 0.918. The van der Waals surface area contributed by atoms with E-state index in [4.69, 9.17) is 0 Å². The molecule has 2 atom stereocenters. The lowest BCUT2D eigenvalue weighted by molar-refractivity contribution is 0.199. The maximum absolute atomic E-state index is 13.7. The molecule has 0 amide bonds. The SMILES string of the molecule is Cc1cc(N(C)CC2CCCN2C)c([C@@H](C)O)cc1F. The van der Waals surface area contributed by atoms with Gasteiger partial charge in [0.25, 0.3) is 0 Å². The molecule has 3 nitrogen and oxygen atoms in total. The predicted molar refractivity (Wildman–Crippen MR) is 80.7 cm³/mol. The first-order valence-corrected chi connectivity index (χ1v) is 7.29. The fourth-order valence-electron chi connectivity index (χ4n) is 2.97. The van der Waals surface area contributed by atoms with Crippen molar-refractivity contribution >= 4 is 5.69 Å². The first-order valence-electron chi connectivity index (χ1n) is 7.29. The molecule has 0 spiro atoms. The van der Waals surface area contributed by atoms with Gasteiger partial charge in [0.05, 0.1) is 6.10 Å². The molecular formula is C16H25FN2O. The molecule has 2 rings (SSSR count). The summed E-state index contributed by atoms with van der Waals surface area (Å²) >= 11 is 0. The van der Waals surface area contributed by atoms with Crippen LogP contribution in [-0.2, 0) is 0 Å². The van der Waals surface area contributed by atoms with Crippen molar-refractivity contribution in [3.8, 4) is 0 Å². The van der Waals surface area contributed by atoms with Crippen LogP contribution in [0.25, 0.3) is 0 Å². The Morgan fingerprint density at radius 3 is 2.75 bits per heavy atom. The maximum atomic E-state index is 13.7. The van der Waals surface area contributed by atoms with Crippen LogP contribution < -0.4 is 4.90 Å². The summed E-state index contributed by atoms with van der Waals surface area (Å²) in [6.07, 6.45) is 1.77. The van der Waals surface area contributed by atoms with Crippen molar-refractivity contribution in [1.82, 2.24) is 4.90 Å². The van der Waals surface area contributed by atoms with Gasteiger partial charge in [-0.15, -0.1) is 0 Å². The Balaban J connectivity index is 2.24. The van der Waals surface area contributed by atoms with E-state index in [-0.39, 0.29) is 5.82 Å². The summed E-state index contributed by atoms with van der Waals surface area (Å²) in [5.41, 5.74) is 2.21. The number of likely N-dealkylation sites (tertiary alicyclic amines) is 1. The van der Waals surface area contributed by atoms with E-state index < -0.39 is 6.10 Å². The summed E-state index contributed by atoms with van der Waals surface area (Å²) in [5.74, 6) is -0.254. The van der Waals surface area contributed by atoms with Gasteiger partial charge in [0, 0.05) is 30.9 Å². The van der Waals surface area contributed by atoms with Gasteiger partial charge in [0.2, 0.25) is 0 Å². The Labute approximate surface area is 121 Å². The van der Waals surface area contributed by atoms with E-state index in [0.29, 0.717) is 17.2 Å². The highest BCUT2D eigenvalue weighted by molar-refractivity contribution is 5.56. The van der Waals surface area contributed by atoms with E-state index >= 15 is 0 Å². The standard InChI is InChI=1S/C16H25FN2O/c1-11-8-16(14(12(2)20)9-15(11)17)19(4)10-13-6-5-7-18(13)3/h8-9,12-13,20H,5-7,10H2,1-4H3/t12-,13?/m1/s1. The maximum Gasteiger partial charge on any atom is 0.126 e. The third-order valence-corrected chi connectivity index (χ3v) is 4.33. The highest BCUT2D eigenvalue weighted by Gasteiger charge is 2.24. The highest BCUT2D eigenvalue weighted by Crippen LogP contribution is 2.29. The third kappa shape index (κ3) is 3.13. The van der Waals surface area contributed by atoms with Crippen LogP contribution in [0, 0.1) is 12.7 Å². The number of hydrogen-bond donors (Lipinski definition) is 1. The monoisotopic (exact) mass is 280 g/mol. The number of nitrogens with zero attached hydrogens (tertiary/aromatic N) is 2. The average Bonchev–Trinajstić information content (AvgIpc) is 2.77. The molecular weight excluding hydrogens is 255 g/mol. The molecule has 0 aromatic heterocycles. The molecule has 1 fully saturated rings. The van der Waals surface area contributed by atoms with Crippen LogP contribution in [-0.4, -0.2) is 43.2 Å². The van der Waals surface area contributed by atoms with Crippen LogP contribution >= 0.6 is 0 Å². The van der Waals surface area contributed by atoms with E-state index in [1.165, 1.54) is 18.9 Å². The fraction of sp³-hybridized carbons (Fsp3) is 0.625. The Bertz CT molecular complexity index is 476. The molecule has 112 valence electrons. The molecule has 1 aromatic carbocycles. The van der Waals surface area contributed by atoms with Gasteiger partial charge in [0.1, 0.15) is 5.82 Å². The highest BCUT2D eigenvalue weighted by atomic mass is 19.1. The Kier molecular flexibility index (Phi) is 4.66. The Hall–Kier alpha value is -1.13. The topological polar surface area (TPSA) is 26.7 Å². The molecule has 1 N–H and O–H groups in total. The average molecular weight is 280 g/mol. The zero-order valence-electron chi connectivity index (χ0n) is 12.9. The number of hydrogen-bond acceptors (Lipinski definition) is 3. The molecule has 4 heteroatoms. The molecule has 0 bridgehead atoms. The lowest BCUT2D eigenvalue weighted by Crippen LogP contribution is -2.37. The zero-order valence-corrected chi connectivity index (χ0v) is 12.9. The van der Waals surface area contributed by atoms with E-state index in [2.05, 4.69) is 16.8 Å². The minimum absolute atomic E-state index is 0.254. The molecule has 0 aliphatic carbocycles. The fourth-order valence-corrected chi connectivity index (χ4v) is 2.97. The van der Waals surface area contributed by atoms with Gasteiger partial charge in [-0.25, -0.2) is 4.39 Å². The van der Waals surface area contributed by atoms with Gasteiger partial charge in [-0.3, -0.25) is 0 Å². The van der Waals surface area contributed by atoms with Crippen LogP contribution in [0.3, 0.4) is 0 Å². The van der Waals surface area contributed by atoms with Crippen molar-refractivity contribution in [2.75, 3.05) is 32.1 Å². The largest absolute Gasteiger partial charge is 0.389 e. The summed E-state index contributed by atoms with van der Waals surface area (Å²) in [7, 11) is 4.17. The Morgan fingerprint density at radius 2 is 2.20 bits per heavy atom. The van der Waals surface area contributed by atoms with Crippen molar-refractivity contribution in [3.63, 3.8) is 0 Å². The van der Waals surface area contributed by atoms with E-state index in [0.717, 1.165) is 18.8 Å². The molecule has 0 radical (unpaired) electrons. The molecule has 1 saturated heterocycles. The molecule has 1 aliphatic rings. The van der Waals surface area contributed by atoms with Crippen LogP contribution in [0.15, 0.2) is 12.1 Å². The van der Waals surface area contributed by atoms with Gasteiger partial charge < -0.3 is 14.9 Å². The normalized spacial score (nSPS) is 21.2. The van der Waals surface area contributed by atoms with E-state index in [1.54, 1.807) is 13.8 Å². The van der Waals surface area contributed by atoms with Gasteiger partial charge in [-0.05, 0) is 58.0 Å². The number of anilines is 1. The molecule has 1 heterocycles. The number of halogens is 1. The molecule has 1 unspecified atom stereocenters. The van der Waals surface area contributed by atoms with Crippen molar-refractivity contribution in [3.05, 3.63) is 29.1 Å². The molecule has 1 aromatic rings. The minimum atomic E-state index is -0.663. The van der Waals surface area contributed by atoms with E-state index in [1.807, 2.05) is 13.1 Å². The lowest BCUT2D eigenvalue weighted by Gasteiger charge is -2.29. The van der Waals surface area contributed by atoms with Crippen LogP contribution in [0.2, 0.25) is 0 Å². The summed E-state index contributed by atoms with van der Waals surface area (Å²) in [5, 5.41) is 9.88. The third-order valence-electron chi connectivity index (χ3n) is 4.33. The predicted octanol–water partition coefficient (Wildman–Crippen LogP) is 2.72. The number of benzene rings is 1. The van der Waals surface area contributed by atoms with Crippen LogP contribution in [0.4, 0.5) is 10.1 Å². The second-order valence-electron chi connectivity index (χ2n) is 5.99. The first-order chi connectivity index (χ1) is 9.40. The second kappa shape index (κ2) is 6.10. The first kappa shape index (κ1) is 15.3. The van der Waals surface area contributed by atoms with Gasteiger partial charge in [0.15, 0.2) is 0 Å². The number of aliphatic hydroxyl groups excluding tert-OH is 1. The molecule has 20 heavy (non-hydrogen) atoms. The summed E-state index contributed by atoms with van der Waals surface area (Å²) < 4.78 is 13.7. The summed E-state index contributed by atoms with van der Waals surface area (Å²) in [4.78, 5) is 4.51. The van der Waals surface area contributed by atoms with Crippen molar-refractivity contribution in [1.29, 1.82) is 0 Å². The van der Waals surface area contributed by atoms with Crippen LogP contribution in [0.1, 0.15) is 37.0 Å². The second-order valence-corrected chi connectivity index (χ2v) is 5.99. The van der Waals surface area contributed by atoms with E-state index in [9.17, 15) is 9.50 Å². The summed E-state index contributed by atoms with van der Waals surface area (Å²) in [6.45, 7) is 5.49. The van der Waals surface area contributed by atoms with Gasteiger partial charge in [-0.2, -0.15) is 0 Å². The lowest BCUT2D eigenvalue weighted by atomic mass is 10.0. The number of aryl methyl sites for hydroxylation is 1. The van der Waals surface area contributed by atoms with Crippen molar-refractivity contribution < 1.29 is 9.50 Å². The minimum Gasteiger partial charge on any atom is -0.389 e. The van der Waals surface area contributed by atoms with Gasteiger partial charge >= 0.3 is 0 Å². The van der Waals surface area contributed by atoms with Crippen LogP contribution in [0.5, 0.6) is 0 Å². The van der Waals surface area contributed by atoms with Crippen molar-refractivity contribution in [2.45, 2.75) is 38.8 Å². The number of rotatable bonds is 4.